The highest BCUT2D eigenvalue weighted by atomic mass is 35.5. The normalized spacial score (nSPS) is 10.6. The van der Waals surface area contributed by atoms with Crippen LogP contribution in [0.4, 0.5) is 5.82 Å². The highest BCUT2D eigenvalue weighted by Crippen LogP contribution is 2.19. The van der Waals surface area contributed by atoms with Crippen LogP contribution in [0.25, 0.3) is 11.4 Å². The van der Waals surface area contributed by atoms with Gasteiger partial charge in [0, 0.05) is 17.6 Å². The van der Waals surface area contributed by atoms with E-state index in [0.717, 1.165) is 5.56 Å². The van der Waals surface area contributed by atoms with Crippen LogP contribution in [0.5, 0.6) is 0 Å². The lowest BCUT2D eigenvalue weighted by atomic mass is 10.2. The summed E-state index contributed by atoms with van der Waals surface area (Å²) < 4.78 is 10.2. The Labute approximate surface area is 158 Å². The van der Waals surface area contributed by atoms with Gasteiger partial charge in [-0.05, 0) is 36.4 Å². The first-order chi connectivity index (χ1) is 12.5. The summed E-state index contributed by atoms with van der Waals surface area (Å²) in [5.41, 5.74) is 0.747. The molecule has 2 heterocycles. The molecule has 3 rings (SSSR count). The Morgan fingerprint density at radius 1 is 1.15 bits per heavy atom. The molecule has 0 unspecified atom stereocenters. The number of halogens is 2. The quantitative estimate of drug-likeness (QED) is 0.589. The summed E-state index contributed by atoms with van der Waals surface area (Å²) >= 11 is 11.5. The van der Waals surface area contributed by atoms with Gasteiger partial charge in [0.15, 0.2) is 17.6 Å². The number of esters is 1. The van der Waals surface area contributed by atoms with Gasteiger partial charge in [-0.25, -0.2) is 0 Å². The van der Waals surface area contributed by atoms with E-state index in [0.29, 0.717) is 16.7 Å². The number of rotatable bonds is 6. The Morgan fingerprint density at radius 2 is 1.92 bits per heavy atom. The molecule has 0 N–H and O–H groups in total. The average molecular weight is 394 g/mol. The number of nitrogens with zero attached hydrogens (tertiary/aromatic N) is 5. The number of anilines is 1. The van der Waals surface area contributed by atoms with E-state index in [1.54, 1.807) is 48.3 Å². The van der Waals surface area contributed by atoms with Crippen molar-refractivity contribution in [2.75, 3.05) is 18.5 Å². The van der Waals surface area contributed by atoms with Crippen LogP contribution in [0.2, 0.25) is 10.2 Å². The number of carbonyl (C=O) groups is 1. The van der Waals surface area contributed by atoms with Crippen molar-refractivity contribution in [3.8, 4) is 11.4 Å². The Hall–Kier alpha value is -2.71. The number of aromatic nitrogens is 4. The lowest BCUT2D eigenvalue weighted by Crippen LogP contribution is -2.27. The van der Waals surface area contributed by atoms with Crippen molar-refractivity contribution in [3.63, 3.8) is 0 Å². The molecule has 134 valence electrons. The first kappa shape index (κ1) is 18.1. The second kappa shape index (κ2) is 8.11. The third kappa shape index (κ3) is 4.68. The largest absolute Gasteiger partial charge is 0.454 e. The molecule has 0 fully saturated rings. The minimum absolute atomic E-state index is 0.0194. The van der Waals surface area contributed by atoms with Crippen LogP contribution < -0.4 is 4.90 Å². The van der Waals surface area contributed by atoms with Crippen LogP contribution in [0.15, 0.2) is 40.9 Å². The van der Waals surface area contributed by atoms with Crippen molar-refractivity contribution < 1.29 is 14.1 Å². The van der Waals surface area contributed by atoms with Crippen molar-refractivity contribution in [2.24, 2.45) is 0 Å². The Morgan fingerprint density at radius 3 is 2.62 bits per heavy atom. The van der Waals surface area contributed by atoms with Crippen LogP contribution >= 0.6 is 23.2 Å². The maximum atomic E-state index is 11.9. The van der Waals surface area contributed by atoms with E-state index in [-0.39, 0.29) is 24.2 Å². The molecular formula is C16H13Cl2N5O3. The molecule has 0 saturated carbocycles. The maximum Gasteiger partial charge on any atom is 0.326 e. The van der Waals surface area contributed by atoms with Gasteiger partial charge in [0.2, 0.25) is 5.82 Å². The van der Waals surface area contributed by atoms with Crippen molar-refractivity contribution >= 4 is 35.0 Å². The molecular weight excluding hydrogens is 381 g/mol. The smallest absolute Gasteiger partial charge is 0.326 e. The number of likely N-dealkylation sites (N-methyl/N-ethyl adjacent to an activating group) is 1. The van der Waals surface area contributed by atoms with E-state index in [2.05, 4.69) is 20.3 Å². The topological polar surface area (TPSA) is 94.2 Å². The molecule has 0 aliphatic rings. The molecule has 0 saturated heterocycles. The summed E-state index contributed by atoms with van der Waals surface area (Å²) in [4.78, 5) is 17.7. The van der Waals surface area contributed by atoms with Gasteiger partial charge in [-0.2, -0.15) is 4.98 Å². The van der Waals surface area contributed by atoms with Crippen molar-refractivity contribution in [2.45, 2.75) is 6.61 Å². The molecule has 8 nitrogen and oxygen atoms in total. The predicted octanol–water partition coefficient (Wildman–Crippen LogP) is 3.01. The zero-order valence-corrected chi connectivity index (χ0v) is 15.1. The Balaban J connectivity index is 1.53. The van der Waals surface area contributed by atoms with Crippen molar-refractivity contribution in [1.29, 1.82) is 0 Å². The van der Waals surface area contributed by atoms with Gasteiger partial charge in [-0.3, -0.25) is 4.79 Å². The molecule has 0 bridgehead atoms. The fourth-order valence-electron chi connectivity index (χ4n) is 2.00. The molecule has 10 heteroatoms. The summed E-state index contributed by atoms with van der Waals surface area (Å²) in [6.45, 7) is -0.145. The second-order valence-electron chi connectivity index (χ2n) is 5.25. The molecule has 0 radical (unpaired) electrons. The number of hydrogen-bond donors (Lipinski definition) is 0. The van der Waals surface area contributed by atoms with Gasteiger partial charge in [-0.1, -0.05) is 28.4 Å². The van der Waals surface area contributed by atoms with Gasteiger partial charge < -0.3 is 14.2 Å². The van der Waals surface area contributed by atoms with E-state index >= 15 is 0 Å². The van der Waals surface area contributed by atoms with Gasteiger partial charge >= 0.3 is 5.97 Å². The summed E-state index contributed by atoms with van der Waals surface area (Å²) in [5.74, 6) is 0.600. The van der Waals surface area contributed by atoms with Crippen molar-refractivity contribution in [1.82, 2.24) is 20.3 Å². The van der Waals surface area contributed by atoms with Gasteiger partial charge in [0.05, 0.1) is 0 Å². The summed E-state index contributed by atoms with van der Waals surface area (Å²) in [6, 6.07) is 10.2. The first-order valence-corrected chi connectivity index (χ1v) is 8.21. The summed E-state index contributed by atoms with van der Waals surface area (Å²) in [7, 11) is 1.69. The summed E-state index contributed by atoms with van der Waals surface area (Å²) in [6.07, 6.45) is 0. The van der Waals surface area contributed by atoms with Crippen LogP contribution in [0.1, 0.15) is 5.89 Å². The molecule has 26 heavy (non-hydrogen) atoms. The van der Waals surface area contributed by atoms with Crippen LogP contribution in [0.3, 0.4) is 0 Å². The van der Waals surface area contributed by atoms with Gasteiger partial charge in [0.25, 0.3) is 5.89 Å². The highest BCUT2D eigenvalue weighted by Gasteiger charge is 2.14. The second-order valence-corrected chi connectivity index (χ2v) is 6.07. The molecule has 3 aromatic rings. The number of benzene rings is 1. The van der Waals surface area contributed by atoms with Crippen LogP contribution in [-0.4, -0.2) is 39.9 Å². The van der Waals surface area contributed by atoms with E-state index in [4.69, 9.17) is 32.5 Å². The van der Waals surface area contributed by atoms with E-state index in [1.165, 1.54) is 0 Å². The lowest BCUT2D eigenvalue weighted by molar-refractivity contribution is -0.144. The predicted molar refractivity (Wildman–Crippen MR) is 94.9 cm³/mol. The molecule has 0 amide bonds. The average Bonchev–Trinajstić information content (AvgIpc) is 3.10. The van der Waals surface area contributed by atoms with Gasteiger partial charge in [-0.15, -0.1) is 10.2 Å². The summed E-state index contributed by atoms with van der Waals surface area (Å²) in [5, 5.41) is 12.3. The minimum Gasteiger partial charge on any atom is -0.454 e. The monoisotopic (exact) mass is 393 g/mol. The van der Waals surface area contributed by atoms with Crippen molar-refractivity contribution in [3.05, 3.63) is 52.5 Å². The Bertz CT molecular complexity index is 884. The number of carbonyl (C=O) groups excluding carboxylic acids is 1. The zero-order chi connectivity index (χ0) is 18.5. The number of ether oxygens (including phenoxy) is 1. The maximum absolute atomic E-state index is 11.9. The SMILES string of the molecule is CN(CC(=O)OCc1nc(-c2ccc(Cl)cc2)no1)c1ccc(Cl)nn1. The first-order valence-electron chi connectivity index (χ1n) is 7.46. The fraction of sp³-hybridized carbons (Fsp3) is 0.188. The fourth-order valence-corrected chi connectivity index (χ4v) is 2.23. The molecule has 0 spiro atoms. The van der Waals surface area contributed by atoms with E-state index in [9.17, 15) is 4.79 Å². The molecule has 2 aromatic heterocycles. The molecule has 0 aliphatic carbocycles. The van der Waals surface area contributed by atoms with E-state index in [1.807, 2.05) is 0 Å². The van der Waals surface area contributed by atoms with Crippen LogP contribution in [-0.2, 0) is 16.1 Å². The van der Waals surface area contributed by atoms with Gasteiger partial charge in [0.1, 0.15) is 6.54 Å². The Kier molecular flexibility index (Phi) is 5.65. The molecule has 1 aromatic carbocycles. The number of hydrogen-bond acceptors (Lipinski definition) is 8. The molecule has 0 atom stereocenters. The third-order valence-electron chi connectivity index (χ3n) is 3.30. The third-order valence-corrected chi connectivity index (χ3v) is 3.76. The minimum atomic E-state index is -0.476. The van der Waals surface area contributed by atoms with E-state index < -0.39 is 5.97 Å². The lowest BCUT2D eigenvalue weighted by Gasteiger charge is -2.15. The standard InChI is InChI=1S/C16H13Cl2N5O3/c1-23(13-7-6-12(18)20-21-13)8-15(24)25-9-14-19-16(22-26-14)10-2-4-11(17)5-3-10/h2-7H,8-9H2,1H3. The van der Waals surface area contributed by atoms with Crippen LogP contribution in [0, 0.1) is 0 Å². The molecule has 0 aliphatic heterocycles. The zero-order valence-electron chi connectivity index (χ0n) is 13.6. The highest BCUT2D eigenvalue weighted by molar-refractivity contribution is 6.30.